The van der Waals surface area contributed by atoms with Gasteiger partial charge in [0.25, 0.3) is 0 Å². The lowest BCUT2D eigenvalue weighted by Crippen LogP contribution is -2.30. The summed E-state index contributed by atoms with van der Waals surface area (Å²) in [4.78, 5) is 10.3. The minimum Gasteiger partial charge on any atom is -0.481 e. The van der Waals surface area contributed by atoms with Crippen LogP contribution in [0.5, 0.6) is 0 Å². The zero-order valence-corrected chi connectivity index (χ0v) is 7.25. The highest BCUT2D eigenvalue weighted by molar-refractivity contribution is 7.91. The molecule has 0 bridgehead atoms. The second-order valence-corrected chi connectivity index (χ2v) is 5.25. The number of rotatable bonds is 2. The third-order valence-electron chi connectivity index (χ3n) is 1.96. The van der Waals surface area contributed by atoms with Gasteiger partial charge in [0.2, 0.25) is 0 Å². The van der Waals surface area contributed by atoms with Crippen molar-refractivity contribution in [2.75, 3.05) is 11.5 Å². The number of sulfone groups is 1. The van der Waals surface area contributed by atoms with Crippen LogP contribution in [0.25, 0.3) is 0 Å². The van der Waals surface area contributed by atoms with Crippen LogP contribution in [0.4, 0.5) is 0 Å². The molecule has 0 aliphatic carbocycles. The number of hydrogen-bond donors (Lipinski definition) is 2. The van der Waals surface area contributed by atoms with E-state index in [-0.39, 0.29) is 17.9 Å². The van der Waals surface area contributed by atoms with Gasteiger partial charge in [-0.05, 0) is 5.92 Å². The molecule has 1 rings (SSSR count). The van der Waals surface area contributed by atoms with Crippen molar-refractivity contribution in [3.8, 4) is 0 Å². The number of nitrogens with two attached hydrogens (primary N) is 1. The SMILES string of the molecule is N[C@@H]1CS(=O)(=O)C[C@@H]1CC(=O)O. The van der Waals surface area contributed by atoms with E-state index in [0.29, 0.717) is 0 Å². The summed E-state index contributed by atoms with van der Waals surface area (Å²) >= 11 is 0. The Bertz CT molecular complexity index is 284. The third kappa shape index (κ3) is 2.18. The fraction of sp³-hybridized carbons (Fsp3) is 0.833. The molecular weight excluding hydrogens is 182 g/mol. The van der Waals surface area contributed by atoms with Crippen LogP contribution in [0.2, 0.25) is 0 Å². The standard InChI is InChI=1S/C6H11NO4S/c7-5-3-12(10,11)2-4(5)1-6(8)9/h4-5H,1-3,7H2,(H,8,9)/t4-,5+/m0/s1. The van der Waals surface area contributed by atoms with Crippen molar-refractivity contribution >= 4 is 15.8 Å². The lowest BCUT2D eigenvalue weighted by molar-refractivity contribution is -0.138. The highest BCUT2D eigenvalue weighted by Crippen LogP contribution is 2.20. The minimum absolute atomic E-state index is 0.0784. The Hall–Kier alpha value is -0.620. The maximum atomic E-state index is 11.0. The maximum absolute atomic E-state index is 11.0. The van der Waals surface area contributed by atoms with E-state index in [1.807, 2.05) is 0 Å². The summed E-state index contributed by atoms with van der Waals surface area (Å²) in [6.45, 7) is 0. The van der Waals surface area contributed by atoms with E-state index in [4.69, 9.17) is 10.8 Å². The van der Waals surface area contributed by atoms with Crippen LogP contribution in [-0.2, 0) is 14.6 Å². The van der Waals surface area contributed by atoms with Gasteiger partial charge in [-0.3, -0.25) is 4.79 Å². The van der Waals surface area contributed by atoms with Gasteiger partial charge in [-0.15, -0.1) is 0 Å². The first kappa shape index (κ1) is 9.47. The molecular formula is C6H11NO4S. The summed E-state index contributed by atoms with van der Waals surface area (Å²) in [7, 11) is -3.08. The molecule has 0 aromatic carbocycles. The summed E-state index contributed by atoms with van der Waals surface area (Å²) in [6, 6.07) is -0.508. The third-order valence-corrected chi connectivity index (χ3v) is 3.79. The molecule has 12 heavy (non-hydrogen) atoms. The van der Waals surface area contributed by atoms with Crippen LogP contribution in [0, 0.1) is 5.92 Å². The highest BCUT2D eigenvalue weighted by Gasteiger charge is 2.36. The van der Waals surface area contributed by atoms with Crippen LogP contribution in [0.3, 0.4) is 0 Å². The van der Waals surface area contributed by atoms with Gasteiger partial charge in [0.05, 0.1) is 17.9 Å². The number of aliphatic carboxylic acids is 1. The van der Waals surface area contributed by atoms with Gasteiger partial charge in [-0.1, -0.05) is 0 Å². The second kappa shape index (κ2) is 3.02. The summed E-state index contributed by atoms with van der Waals surface area (Å²) in [5.74, 6) is -1.56. The van der Waals surface area contributed by atoms with Gasteiger partial charge in [0.15, 0.2) is 9.84 Å². The molecule has 70 valence electrons. The fourth-order valence-corrected chi connectivity index (χ4v) is 3.39. The fourth-order valence-electron chi connectivity index (χ4n) is 1.38. The number of carboxylic acid groups (broad SMARTS) is 1. The molecule has 5 nitrogen and oxygen atoms in total. The molecule has 2 atom stereocenters. The molecule has 0 spiro atoms. The van der Waals surface area contributed by atoms with Crippen LogP contribution >= 0.6 is 0 Å². The number of hydrogen-bond acceptors (Lipinski definition) is 4. The summed E-state index contributed by atoms with van der Waals surface area (Å²) in [6.07, 6.45) is -0.152. The molecule has 0 radical (unpaired) electrons. The number of carboxylic acids is 1. The van der Waals surface area contributed by atoms with Gasteiger partial charge in [0.1, 0.15) is 0 Å². The summed E-state index contributed by atoms with van der Waals surface area (Å²) < 4.78 is 21.9. The Labute approximate surface area is 70.5 Å². The summed E-state index contributed by atoms with van der Waals surface area (Å²) in [5, 5.41) is 8.41. The second-order valence-electron chi connectivity index (χ2n) is 3.10. The van der Waals surface area contributed by atoms with Crippen LogP contribution in [0.15, 0.2) is 0 Å². The largest absolute Gasteiger partial charge is 0.481 e. The zero-order chi connectivity index (χ0) is 9.35. The average molecular weight is 193 g/mol. The van der Waals surface area contributed by atoms with Gasteiger partial charge in [-0.25, -0.2) is 8.42 Å². The van der Waals surface area contributed by atoms with Gasteiger partial charge >= 0.3 is 5.97 Å². The lowest BCUT2D eigenvalue weighted by Gasteiger charge is -2.08. The Morgan fingerprint density at radius 2 is 2.08 bits per heavy atom. The normalized spacial score (nSPS) is 33.4. The van der Waals surface area contributed by atoms with Crippen molar-refractivity contribution in [2.45, 2.75) is 12.5 Å². The van der Waals surface area contributed by atoms with E-state index in [9.17, 15) is 13.2 Å². The van der Waals surface area contributed by atoms with E-state index in [0.717, 1.165) is 0 Å². The van der Waals surface area contributed by atoms with E-state index in [1.165, 1.54) is 0 Å². The molecule has 3 N–H and O–H groups in total. The van der Waals surface area contributed by atoms with Crippen molar-refractivity contribution in [3.05, 3.63) is 0 Å². The van der Waals surface area contributed by atoms with E-state index >= 15 is 0 Å². The van der Waals surface area contributed by atoms with Crippen molar-refractivity contribution < 1.29 is 18.3 Å². The molecule has 0 unspecified atom stereocenters. The molecule has 0 aromatic heterocycles. The molecule has 0 saturated carbocycles. The molecule has 6 heteroatoms. The van der Waals surface area contributed by atoms with Crippen molar-refractivity contribution in [2.24, 2.45) is 11.7 Å². The first-order valence-corrected chi connectivity index (χ1v) is 5.40. The van der Waals surface area contributed by atoms with Crippen molar-refractivity contribution in [1.29, 1.82) is 0 Å². The van der Waals surface area contributed by atoms with Crippen molar-refractivity contribution in [1.82, 2.24) is 0 Å². The minimum atomic E-state index is -3.08. The van der Waals surface area contributed by atoms with Gasteiger partial charge in [0, 0.05) is 6.04 Å². The Balaban J connectivity index is 2.64. The van der Waals surface area contributed by atoms with Crippen LogP contribution in [0.1, 0.15) is 6.42 Å². The molecule has 1 aliphatic heterocycles. The first-order valence-electron chi connectivity index (χ1n) is 3.58. The lowest BCUT2D eigenvalue weighted by atomic mass is 10.0. The smallest absolute Gasteiger partial charge is 0.303 e. The van der Waals surface area contributed by atoms with Gasteiger partial charge < -0.3 is 10.8 Å². The van der Waals surface area contributed by atoms with Crippen LogP contribution in [-0.4, -0.2) is 37.0 Å². The molecule has 1 saturated heterocycles. The Morgan fingerprint density at radius 1 is 1.50 bits per heavy atom. The Kier molecular flexibility index (Phi) is 2.39. The predicted octanol–water partition coefficient (Wildman–Crippen LogP) is -1.17. The molecule has 0 amide bonds. The maximum Gasteiger partial charge on any atom is 0.303 e. The monoisotopic (exact) mass is 193 g/mol. The van der Waals surface area contributed by atoms with E-state index in [2.05, 4.69) is 0 Å². The highest BCUT2D eigenvalue weighted by atomic mass is 32.2. The number of carbonyl (C=O) groups is 1. The Morgan fingerprint density at radius 3 is 2.42 bits per heavy atom. The molecule has 1 aliphatic rings. The molecule has 0 aromatic rings. The first-order chi connectivity index (χ1) is 5.41. The predicted molar refractivity (Wildman–Crippen MR) is 42.4 cm³/mol. The average Bonchev–Trinajstić information content (AvgIpc) is 2.03. The topological polar surface area (TPSA) is 97.5 Å². The van der Waals surface area contributed by atoms with Crippen molar-refractivity contribution in [3.63, 3.8) is 0 Å². The van der Waals surface area contributed by atoms with Crippen LogP contribution < -0.4 is 5.73 Å². The van der Waals surface area contributed by atoms with E-state index < -0.39 is 27.8 Å². The van der Waals surface area contributed by atoms with E-state index in [1.54, 1.807) is 0 Å². The quantitative estimate of drug-likeness (QED) is 0.576. The van der Waals surface area contributed by atoms with Gasteiger partial charge in [-0.2, -0.15) is 0 Å². The zero-order valence-electron chi connectivity index (χ0n) is 6.43. The molecule has 1 fully saturated rings. The summed E-state index contributed by atoms with van der Waals surface area (Å²) in [5.41, 5.74) is 5.46. The molecule has 1 heterocycles.